The zero-order valence-corrected chi connectivity index (χ0v) is 47.2. The van der Waals surface area contributed by atoms with E-state index in [1.807, 2.05) is 0 Å². The van der Waals surface area contributed by atoms with E-state index in [-0.39, 0.29) is 5.66 Å². The summed E-state index contributed by atoms with van der Waals surface area (Å²) in [6, 6.07) is 114. The molecule has 2 unspecified atom stereocenters. The van der Waals surface area contributed by atoms with E-state index >= 15 is 0 Å². The van der Waals surface area contributed by atoms with E-state index in [4.69, 9.17) is 0 Å². The molecule has 0 aliphatic carbocycles. The minimum absolute atomic E-state index is 0.123. The molecule has 0 bridgehead atoms. The SMILES string of the molecule is C/C=C\C(P)c1cc(-c2ccc(N(c3ccccc3)c3ccccc3)cc2)ccc1Cc1cc(-c2ccc(N(c3ccccc3)c3ccccc3)cc2)ccc1Cc1cccc(-c2ccc(N(c3ccccc3)c3ccccc3)cc2)c1. The van der Waals surface area contributed by atoms with Crippen LogP contribution in [0.3, 0.4) is 0 Å². The van der Waals surface area contributed by atoms with Gasteiger partial charge in [-0.15, -0.1) is 9.24 Å². The van der Waals surface area contributed by atoms with Crippen LogP contribution in [0, 0.1) is 0 Å². The molecule has 0 aliphatic heterocycles. The fourth-order valence-electron chi connectivity index (χ4n) is 11.2. The number of rotatable bonds is 18. The molecule has 82 heavy (non-hydrogen) atoms. The highest BCUT2D eigenvalue weighted by molar-refractivity contribution is 7.17. The summed E-state index contributed by atoms with van der Waals surface area (Å²) in [6.45, 7) is 2.11. The van der Waals surface area contributed by atoms with Crippen molar-refractivity contribution in [2.45, 2.75) is 25.4 Å². The molecule has 12 rings (SSSR count). The number of hydrogen-bond acceptors (Lipinski definition) is 3. The van der Waals surface area contributed by atoms with Crippen LogP contribution in [0.2, 0.25) is 0 Å². The summed E-state index contributed by atoms with van der Waals surface area (Å²) >= 11 is 0. The van der Waals surface area contributed by atoms with Crippen LogP contribution in [0.5, 0.6) is 0 Å². The van der Waals surface area contributed by atoms with Crippen molar-refractivity contribution in [3.63, 3.8) is 0 Å². The van der Waals surface area contributed by atoms with Crippen LogP contribution in [-0.2, 0) is 12.8 Å². The Morgan fingerprint density at radius 1 is 0.280 bits per heavy atom. The molecule has 3 nitrogen and oxygen atoms in total. The van der Waals surface area contributed by atoms with Crippen molar-refractivity contribution in [3.05, 3.63) is 355 Å². The third kappa shape index (κ3) is 12.0. The molecule has 0 fully saturated rings. The molecule has 0 aromatic heterocycles. The molecule has 2 atom stereocenters. The van der Waals surface area contributed by atoms with E-state index in [1.54, 1.807) is 0 Å². The highest BCUT2D eigenvalue weighted by Gasteiger charge is 2.19. The molecule has 0 N–H and O–H groups in total. The Morgan fingerprint density at radius 3 is 0.963 bits per heavy atom. The Morgan fingerprint density at radius 2 is 0.598 bits per heavy atom. The van der Waals surface area contributed by atoms with E-state index in [0.29, 0.717) is 0 Å². The Hall–Kier alpha value is -9.79. The van der Waals surface area contributed by atoms with Crippen molar-refractivity contribution >= 4 is 60.4 Å². The van der Waals surface area contributed by atoms with Crippen LogP contribution in [0.4, 0.5) is 51.2 Å². The first kappa shape index (κ1) is 52.9. The van der Waals surface area contributed by atoms with Crippen LogP contribution in [0.1, 0.15) is 40.4 Å². The lowest BCUT2D eigenvalue weighted by molar-refractivity contribution is 1.06. The zero-order valence-electron chi connectivity index (χ0n) is 46.1. The molecule has 0 spiro atoms. The average Bonchev–Trinajstić information content (AvgIpc) is 3.66. The number of allylic oxidation sites excluding steroid dienone is 2. The quantitative estimate of drug-likeness (QED) is 0.0626. The van der Waals surface area contributed by atoms with Gasteiger partial charge in [0.1, 0.15) is 0 Å². The molecule has 0 saturated carbocycles. The number of hydrogen-bond donors (Lipinski definition) is 0. The van der Waals surface area contributed by atoms with Crippen molar-refractivity contribution in [1.29, 1.82) is 0 Å². The second kappa shape index (κ2) is 25.1. The zero-order chi connectivity index (χ0) is 55.5. The number of nitrogens with zero attached hydrogens (tertiary/aromatic N) is 3. The molecule has 12 aromatic carbocycles. The summed E-state index contributed by atoms with van der Waals surface area (Å²) in [7, 11) is 3.13. The van der Waals surface area contributed by atoms with Crippen molar-refractivity contribution in [2.24, 2.45) is 0 Å². The van der Waals surface area contributed by atoms with Gasteiger partial charge >= 0.3 is 0 Å². The predicted molar refractivity (Wildman–Crippen MR) is 353 cm³/mol. The van der Waals surface area contributed by atoms with Gasteiger partial charge in [-0.1, -0.05) is 212 Å². The molecular weight excluding hydrogens is 1010 g/mol. The summed E-state index contributed by atoms with van der Waals surface area (Å²) in [4.78, 5) is 6.94. The predicted octanol–water partition coefficient (Wildman–Crippen LogP) is 21.8. The van der Waals surface area contributed by atoms with Crippen LogP contribution in [0.25, 0.3) is 33.4 Å². The highest BCUT2D eigenvalue weighted by atomic mass is 31.0. The Balaban J connectivity index is 0.887. The molecule has 4 heteroatoms. The lowest BCUT2D eigenvalue weighted by Gasteiger charge is -2.25. The van der Waals surface area contributed by atoms with Gasteiger partial charge < -0.3 is 14.7 Å². The van der Waals surface area contributed by atoms with E-state index < -0.39 is 0 Å². The fourth-order valence-corrected chi connectivity index (χ4v) is 11.7. The first-order chi connectivity index (χ1) is 40.5. The van der Waals surface area contributed by atoms with Gasteiger partial charge in [0.15, 0.2) is 0 Å². The Bertz CT molecular complexity index is 3900. The number of benzene rings is 12. The van der Waals surface area contributed by atoms with Crippen molar-refractivity contribution in [3.8, 4) is 33.4 Å². The van der Waals surface area contributed by atoms with Gasteiger partial charge in [-0.2, -0.15) is 0 Å². The molecule has 0 aliphatic rings. The number of para-hydroxylation sites is 6. The van der Waals surface area contributed by atoms with Crippen LogP contribution >= 0.6 is 9.24 Å². The summed E-state index contributed by atoms with van der Waals surface area (Å²) in [6.07, 6.45) is 6.03. The standard InChI is InChI=1S/C78H64N3P/c1-2-22-78(82)77-57-65(61-45-51-76(52-46-61)81(72-33-17-7-18-34-72)73-35-19-8-20-36-73)39-40-66(77)56-67-55-64(60-43-49-75(50-44-60)80(70-29-13-5-14-30-70)71-31-15-6-16-32-71)38-37-63(67)54-58-23-21-24-62(53-58)59-41-47-74(48-42-59)79(68-25-9-3-10-26-68)69-27-11-4-12-28-69/h2-53,55,57,78H,54,56,82H2,1H3/b22-2-. The normalized spacial score (nSPS) is 11.5. The topological polar surface area (TPSA) is 9.72 Å². The molecule has 396 valence electrons. The average molecular weight is 1070 g/mol. The summed E-state index contributed by atoms with van der Waals surface area (Å²) < 4.78 is 0. The van der Waals surface area contributed by atoms with Gasteiger partial charge in [0.2, 0.25) is 0 Å². The largest absolute Gasteiger partial charge is 0.311 e. The first-order valence-corrected chi connectivity index (χ1v) is 28.9. The maximum Gasteiger partial charge on any atom is 0.0462 e. The molecular formula is C78H64N3P. The van der Waals surface area contributed by atoms with E-state index in [1.165, 1.54) is 61.2 Å². The van der Waals surface area contributed by atoms with Gasteiger partial charge in [-0.05, 0) is 196 Å². The molecule has 0 heterocycles. The van der Waals surface area contributed by atoms with Crippen molar-refractivity contribution in [1.82, 2.24) is 0 Å². The van der Waals surface area contributed by atoms with Crippen molar-refractivity contribution in [2.75, 3.05) is 14.7 Å². The fraction of sp³-hybridized carbons (Fsp3) is 0.0513. The van der Waals surface area contributed by atoms with E-state index in [9.17, 15) is 0 Å². The van der Waals surface area contributed by atoms with Gasteiger partial charge in [-0.3, -0.25) is 0 Å². The summed E-state index contributed by atoms with van der Waals surface area (Å²) in [5.74, 6) is 0. The Labute approximate surface area is 486 Å². The lowest BCUT2D eigenvalue weighted by atomic mass is 9.88. The van der Waals surface area contributed by atoms with Crippen LogP contribution < -0.4 is 14.7 Å². The highest BCUT2D eigenvalue weighted by Crippen LogP contribution is 2.41. The monoisotopic (exact) mass is 1070 g/mol. The second-order valence-electron chi connectivity index (χ2n) is 20.7. The summed E-state index contributed by atoms with van der Waals surface area (Å²) in [5, 5.41) is 0. The molecule has 0 radical (unpaired) electrons. The van der Waals surface area contributed by atoms with Crippen LogP contribution in [0.15, 0.2) is 328 Å². The van der Waals surface area contributed by atoms with Crippen molar-refractivity contribution < 1.29 is 0 Å². The van der Waals surface area contributed by atoms with Gasteiger partial charge in [0, 0.05) is 56.8 Å². The van der Waals surface area contributed by atoms with E-state index in [0.717, 1.165) is 64.0 Å². The molecule has 0 amide bonds. The third-order valence-electron chi connectivity index (χ3n) is 15.3. The lowest BCUT2D eigenvalue weighted by Crippen LogP contribution is -2.09. The van der Waals surface area contributed by atoms with Gasteiger partial charge in [-0.25, -0.2) is 0 Å². The maximum atomic E-state index is 3.13. The minimum atomic E-state index is 0.123. The Kier molecular flexibility index (Phi) is 16.2. The minimum Gasteiger partial charge on any atom is -0.311 e. The maximum absolute atomic E-state index is 3.13. The second-order valence-corrected chi connectivity index (χ2v) is 21.4. The number of anilines is 9. The molecule has 12 aromatic rings. The van der Waals surface area contributed by atoms with Crippen LogP contribution in [-0.4, -0.2) is 0 Å². The van der Waals surface area contributed by atoms with E-state index in [2.05, 4.69) is 358 Å². The smallest absolute Gasteiger partial charge is 0.0462 e. The van der Waals surface area contributed by atoms with Gasteiger partial charge in [0.25, 0.3) is 0 Å². The first-order valence-electron chi connectivity index (χ1n) is 28.3. The molecule has 0 saturated heterocycles. The third-order valence-corrected chi connectivity index (χ3v) is 15.9. The summed E-state index contributed by atoms with van der Waals surface area (Å²) in [5.41, 5.74) is 23.8. The van der Waals surface area contributed by atoms with Gasteiger partial charge in [0.05, 0.1) is 0 Å².